The number of carbonyl (C=O) groups is 1. The third kappa shape index (κ3) is 2.10. The van der Waals surface area contributed by atoms with E-state index in [-0.39, 0.29) is 6.42 Å². The van der Waals surface area contributed by atoms with E-state index in [1.165, 1.54) is 17.7 Å². The van der Waals surface area contributed by atoms with E-state index < -0.39 is 5.97 Å². The van der Waals surface area contributed by atoms with Crippen molar-refractivity contribution >= 4 is 5.97 Å². The summed E-state index contributed by atoms with van der Waals surface area (Å²) in [6.45, 7) is 3.07. The Kier molecular flexibility index (Phi) is 3.27. The van der Waals surface area contributed by atoms with E-state index in [1.807, 2.05) is 4.68 Å². The highest BCUT2D eigenvalue weighted by Gasteiger charge is 2.20. The van der Waals surface area contributed by atoms with E-state index in [2.05, 4.69) is 12.0 Å². The molecule has 1 N–H and O–H groups in total. The first kappa shape index (κ1) is 11.2. The summed E-state index contributed by atoms with van der Waals surface area (Å²) in [6.07, 6.45) is 5.49. The van der Waals surface area contributed by atoms with Gasteiger partial charge in [-0.1, -0.05) is 13.3 Å². The first-order valence-corrected chi connectivity index (χ1v) is 6.01. The fourth-order valence-corrected chi connectivity index (χ4v) is 2.43. The third-order valence-electron chi connectivity index (χ3n) is 3.10. The van der Waals surface area contributed by atoms with Gasteiger partial charge in [-0.05, 0) is 31.2 Å². The molecule has 0 aliphatic carbocycles. The first-order valence-electron chi connectivity index (χ1n) is 6.01. The lowest BCUT2D eigenvalue weighted by Crippen LogP contribution is -2.12. The lowest BCUT2D eigenvalue weighted by atomic mass is 10.0. The molecule has 0 fully saturated rings. The molecule has 1 aromatic rings. The van der Waals surface area contributed by atoms with Crippen molar-refractivity contribution < 1.29 is 9.90 Å². The monoisotopic (exact) mass is 222 g/mol. The molecule has 0 radical (unpaired) electrons. The smallest absolute Gasteiger partial charge is 0.309 e. The number of nitrogens with zero attached hydrogens (tertiary/aromatic N) is 2. The molecule has 1 aliphatic rings. The minimum absolute atomic E-state index is 0.0648. The predicted molar refractivity (Wildman–Crippen MR) is 60.5 cm³/mol. The van der Waals surface area contributed by atoms with Crippen molar-refractivity contribution in [3.05, 3.63) is 17.0 Å². The van der Waals surface area contributed by atoms with Gasteiger partial charge in [0.25, 0.3) is 0 Å². The topological polar surface area (TPSA) is 55.1 Å². The minimum Gasteiger partial charge on any atom is -0.481 e. The van der Waals surface area contributed by atoms with Gasteiger partial charge in [0.05, 0.1) is 12.1 Å². The van der Waals surface area contributed by atoms with Crippen LogP contribution in [0.1, 0.15) is 43.1 Å². The molecular weight excluding hydrogens is 204 g/mol. The number of hydrogen-bond acceptors (Lipinski definition) is 2. The molecule has 0 amide bonds. The molecule has 1 aromatic heterocycles. The molecule has 0 atom stereocenters. The normalized spacial score (nSPS) is 14.8. The van der Waals surface area contributed by atoms with Gasteiger partial charge in [0.2, 0.25) is 0 Å². The predicted octanol–water partition coefficient (Wildman–Crippen LogP) is 1.80. The molecular formula is C12H18N2O2. The quantitative estimate of drug-likeness (QED) is 0.845. The summed E-state index contributed by atoms with van der Waals surface area (Å²) in [4.78, 5) is 10.8. The molecule has 0 bridgehead atoms. The standard InChI is InChI=1S/C12H18N2O2/c1-2-5-9-10(8-12(15)16)13-14-7-4-3-6-11(9)14/h2-8H2,1H3,(H,15,16). The second-order valence-corrected chi connectivity index (χ2v) is 4.37. The van der Waals surface area contributed by atoms with Crippen molar-refractivity contribution in [1.29, 1.82) is 0 Å². The van der Waals surface area contributed by atoms with E-state index in [0.29, 0.717) is 0 Å². The maximum atomic E-state index is 10.8. The van der Waals surface area contributed by atoms with Gasteiger partial charge in [0.1, 0.15) is 0 Å². The van der Waals surface area contributed by atoms with Gasteiger partial charge in [-0.2, -0.15) is 5.10 Å². The zero-order chi connectivity index (χ0) is 11.5. The van der Waals surface area contributed by atoms with Crippen molar-refractivity contribution in [1.82, 2.24) is 9.78 Å². The van der Waals surface area contributed by atoms with Crippen LogP contribution in [0.15, 0.2) is 0 Å². The summed E-state index contributed by atoms with van der Waals surface area (Å²) in [7, 11) is 0. The third-order valence-corrected chi connectivity index (χ3v) is 3.10. The second-order valence-electron chi connectivity index (χ2n) is 4.37. The molecule has 16 heavy (non-hydrogen) atoms. The molecule has 0 aromatic carbocycles. The van der Waals surface area contributed by atoms with Gasteiger partial charge in [0, 0.05) is 12.2 Å². The summed E-state index contributed by atoms with van der Waals surface area (Å²) in [5.41, 5.74) is 3.26. The maximum Gasteiger partial charge on any atom is 0.309 e. The van der Waals surface area contributed by atoms with Crippen LogP contribution in [0.3, 0.4) is 0 Å². The van der Waals surface area contributed by atoms with Crippen LogP contribution in [0.4, 0.5) is 0 Å². The lowest BCUT2D eigenvalue weighted by Gasteiger charge is -2.14. The van der Waals surface area contributed by atoms with Crippen LogP contribution in [0.5, 0.6) is 0 Å². The molecule has 0 unspecified atom stereocenters. The van der Waals surface area contributed by atoms with Crippen molar-refractivity contribution in [2.24, 2.45) is 0 Å². The van der Waals surface area contributed by atoms with E-state index in [4.69, 9.17) is 5.11 Å². The number of aromatic nitrogens is 2. The summed E-state index contributed by atoms with van der Waals surface area (Å²) >= 11 is 0. The van der Waals surface area contributed by atoms with E-state index in [1.54, 1.807) is 0 Å². The van der Waals surface area contributed by atoms with Gasteiger partial charge in [-0.25, -0.2) is 0 Å². The highest BCUT2D eigenvalue weighted by atomic mass is 16.4. The molecule has 0 saturated heterocycles. The Morgan fingerprint density at radius 2 is 2.31 bits per heavy atom. The Balaban J connectivity index is 2.34. The minimum atomic E-state index is -0.784. The number of aliphatic carboxylic acids is 1. The van der Waals surface area contributed by atoms with Gasteiger partial charge >= 0.3 is 5.97 Å². The highest BCUT2D eigenvalue weighted by Crippen LogP contribution is 2.23. The van der Waals surface area contributed by atoms with Gasteiger partial charge in [0.15, 0.2) is 0 Å². The molecule has 2 heterocycles. The summed E-state index contributed by atoms with van der Waals surface area (Å²) in [6, 6.07) is 0. The summed E-state index contributed by atoms with van der Waals surface area (Å²) in [5.74, 6) is -0.784. The Morgan fingerprint density at radius 1 is 1.50 bits per heavy atom. The molecule has 0 saturated carbocycles. The van der Waals surface area contributed by atoms with Crippen LogP contribution in [0.2, 0.25) is 0 Å². The SMILES string of the molecule is CCCc1c(CC(=O)O)nn2c1CCCC2. The van der Waals surface area contributed by atoms with E-state index in [0.717, 1.165) is 37.9 Å². The average molecular weight is 222 g/mol. The first-order chi connectivity index (χ1) is 7.72. The highest BCUT2D eigenvalue weighted by molar-refractivity contribution is 5.70. The van der Waals surface area contributed by atoms with E-state index in [9.17, 15) is 4.79 Å². The molecule has 1 aliphatic heterocycles. The van der Waals surface area contributed by atoms with Crippen LogP contribution in [-0.2, 0) is 30.6 Å². The number of aryl methyl sites for hydroxylation is 1. The molecule has 0 spiro atoms. The number of fused-ring (bicyclic) bond motifs is 1. The Morgan fingerprint density at radius 3 is 3.00 bits per heavy atom. The zero-order valence-corrected chi connectivity index (χ0v) is 9.70. The summed E-state index contributed by atoms with van der Waals surface area (Å²) in [5, 5.41) is 13.3. The lowest BCUT2D eigenvalue weighted by molar-refractivity contribution is -0.136. The van der Waals surface area contributed by atoms with Crippen molar-refractivity contribution in [3.63, 3.8) is 0 Å². The molecule has 88 valence electrons. The van der Waals surface area contributed by atoms with Crippen molar-refractivity contribution in [2.45, 2.75) is 52.0 Å². The van der Waals surface area contributed by atoms with Gasteiger partial charge in [-0.15, -0.1) is 0 Å². The number of carboxylic acids is 1. The molecule has 2 rings (SSSR count). The molecule has 4 heteroatoms. The zero-order valence-electron chi connectivity index (χ0n) is 9.70. The van der Waals surface area contributed by atoms with Crippen LogP contribution in [0.25, 0.3) is 0 Å². The average Bonchev–Trinajstić information content (AvgIpc) is 2.57. The summed E-state index contributed by atoms with van der Waals surface area (Å²) < 4.78 is 2.02. The van der Waals surface area contributed by atoms with Crippen LogP contribution in [0, 0.1) is 0 Å². The van der Waals surface area contributed by atoms with Crippen LogP contribution in [-0.4, -0.2) is 20.9 Å². The van der Waals surface area contributed by atoms with Gasteiger partial charge < -0.3 is 5.11 Å². The maximum absolute atomic E-state index is 10.8. The second kappa shape index (κ2) is 4.68. The van der Waals surface area contributed by atoms with Crippen molar-refractivity contribution in [3.8, 4) is 0 Å². The fourth-order valence-electron chi connectivity index (χ4n) is 2.43. The largest absolute Gasteiger partial charge is 0.481 e. The van der Waals surface area contributed by atoms with E-state index >= 15 is 0 Å². The Hall–Kier alpha value is -1.32. The Bertz CT molecular complexity index is 396. The van der Waals surface area contributed by atoms with Crippen molar-refractivity contribution in [2.75, 3.05) is 0 Å². The van der Waals surface area contributed by atoms with Gasteiger partial charge in [-0.3, -0.25) is 9.48 Å². The Labute approximate surface area is 95.3 Å². The number of rotatable bonds is 4. The van der Waals surface area contributed by atoms with Crippen LogP contribution < -0.4 is 0 Å². The van der Waals surface area contributed by atoms with Crippen LogP contribution >= 0.6 is 0 Å². The number of carboxylic acid groups (broad SMARTS) is 1. The number of hydrogen-bond donors (Lipinski definition) is 1. The fraction of sp³-hybridized carbons (Fsp3) is 0.667. The molecule has 4 nitrogen and oxygen atoms in total.